The van der Waals surface area contributed by atoms with E-state index in [-0.39, 0.29) is 5.91 Å². The number of likely N-dealkylation sites (tertiary alicyclic amines) is 1. The second kappa shape index (κ2) is 10.7. The molecular weight excluding hydrogens is 447 g/mol. The summed E-state index contributed by atoms with van der Waals surface area (Å²) in [5.41, 5.74) is 3.69. The molecule has 1 amide bonds. The molecular formula is C25H28F3N3O3. The Bertz CT molecular complexity index is 1130. The van der Waals surface area contributed by atoms with E-state index in [9.17, 15) is 18.0 Å². The Morgan fingerprint density at radius 1 is 1.12 bits per heavy atom. The van der Waals surface area contributed by atoms with E-state index in [1.54, 1.807) is 0 Å². The van der Waals surface area contributed by atoms with Crippen molar-refractivity contribution in [1.82, 2.24) is 14.4 Å². The number of likely N-dealkylation sites (N-methyl/N-ethyl adjacent to an activating group) is 1. The number of halogens is 3. The van der Waals surface area contributed by atoms with Gasteiger partial charge in [0, 0.05) is 37.4 Å². The molecule has 9 heteroatoms. The fourth-order valence-electron chi connectivity index (χ4n) is 4.03. The van der Waals surface area contributed by atoms with Gasteiger partial charge < -0.3 is 14.6 Å². The Hall–Kier alpha value is -3.33. The van der Waals surface area contributed by atoms with Crippen molar-refractivity contribution < 1.29 is 27.9 Å². The fourth-order valence-corrected chi connectivity index (χ4v) is 4.03. The molecule has 1 saturated heterocycles. The van der Waals surface area contributed by atoms with Crippen LogP contribution in [0.1, 0.15) is 17.5 Å². The van der Waals surface area contributed by atoms with Crippen molar-refractivity contribution in [2.24, 2.45) is 0 Å². The smallest absolute Gasteiger partial charge is 0.475 e. The van der Waals surface area contributed by atoms with Crippen LogP contribution in [-0.4, -0.2) is 63.7 Å². The number of hydrogen-bond donors (Lipinski definition) is 1. The van der Waals surface area contributed by atoms with E-state index in [2.05, 4.69) is 72.0 Å². The molecule has 0 radical (unpaired) electrons. The number of fused-ring (bicyclic) bond motifs is 1. The number of carbonyl (C=O) groups excluding carboxylic acids is 1. The second-order valence-electron chi connectivity index (χ2n) is 8.49. The molecule has 1 atom stereocenters. The first-order chi connectivity index (χ1) is 16.0. The zero-order chi connectivity index (χ0) is 24.9. The van der Waals surface area contributed by atoms with E-state index in [1.807, 2.05) is 17.2 Å². The van der Waals surface area contributed by atoms with E-state index in [1.165, 1.54) is 16.5 Å². The van der Waals surface area contributed by atoms with Gasteiger partial charge in [0.05, 0.1) is 0 Å². The average molecular weight is 476 g/mol. The van der Waals surface area contributed by atoms with Crippen LogP contribution < -0.4 is 0 Å². The fraction of sp³-hybridized carbons (Fsp3) is 0.360. The lowest BCUT2D eigenvalue weighted by Crippen LogP contribution is -2.37. The van der Waals surface area contributed by atoms with Gasteiger partial charge in [0.1, 0.15) is 6.54 Å². The van der Waals surface area contributed by atoms with Crippen molar-refractivity contribution >= 4 is 22.8 Å². The number of carboxylic acid groups (broad SMARTS) is 1. The minimum atomic E-state index is -5.08. The molecule has 1 unspecified atom stereocenters. The van der Waals surface area contributed by atoms with Gasteiger partial charge in [-0.1, -0.05) is 42.0 Å². The summed E-state index contributed by atoms with van der Waals surface area (Å²) in [6, 6.07) is 19.4. The van der Waals surface area contributed by atoms with Crippen molar-refractivity contribution in [3.63, 3.8) is 0 Å². The topological polar surface area (TPSA) is 65.8 Å². The van der Waals surface area contributed by atoms with Gasteiger partial charge in [0.25, 0.3) is 0 Å². The third-order valence-corrected chi connectivity index (χ3v) is 5.89. The van der Waals surface area contributed by atoms with Crippen LogP contribution in [0.2, 0.25) is 0 Å². The summed E-state index contributed by atoms with van der Waals surface area (Å²) in [4.78, 5) is 26.1. The standard InChI is InChI=1S/C23H27N3O.C2HF3O2/c1-18-8-9-22-20(14-18)10-12-25(22)17-23(27)26-13-11-21(16-26)24(2)15-19-6-4-3-5-7-19;3-2(4,5)1(6)7/h3-10,12,14,21H,11,13,15-17H2,1-2H3;(H,6,7). The first kappa shape index (κ1) is 25.3. The van der Waals surface area contributed by atoms with Crippen LogP contribution in [-0.2, 0) is 22.7 Å². The summed E-state index contributed by atoms with van der Waals surface area (Å²) in [6.07, 6.45) is -2.02. The number of alkyl halides is 3. The number of aromatic nitrogens is 1. The number of aliphatic carboxylic acids is 1. The maximum atomic E-state index is 12.8. The van der Waals surface area contributed by atoms with Gasteiger partial charge in [-0.2, -0.15) is 13.2 Å². The van der Waals surface area contributed by atoms with Crippen molar-refractivity contribution in [3.8, 4) is 0 Å². The van der Waals surface area contributed by atoms with E-state index in [0.29, 0.717) is 12.6 Å². The summed E-state index contributed by atoms with van der Waals surface area (Å²) in [7, 11) is 2.16. The quantitative estimate of drug-likeness (QED) is 0.597. The normalized spacial score (nSPS) is 15.9. The Balaban J connectivity index is 0.000000406. The lowest BCUT2D eigenvalue weighted by molar-refractivity contribution is -0.192. The van der Waals surface area contributed by atoms with E-state index >= 15 is 0 Å². The minimum absolute atomic E-state index is 0.212. The van der Waals surface area contributed by atoms with Gasteiger partial charge in [-0.05, 0) is 49.5 Å². The third-order valence-electron chi connectivity index (χ3n) is 5.89. The van der Waals surface area contributed by atoms with Gasteiger partial charge in [-0.3, -0.25) is 9.69 Å². The van der Waals surface area contributed by atoms with Crippen molar-refractivity contribution in [2.45, 2.75) is 38.7 Å². The lowest BCUT2D eigenvalue weighted by atomic mass is 10.1. The molecule has 1 aromatic heterocycles. The Kier molecular flexibility index (Phi) is 7.98. The molecule has 4 rings (SSSR count). The van der Waals surface area contributed by atoms with Crippen molar-refractivity contribution in [3.05, 3.63) is 71.9 Å². The van der Waals surface area contributed by atoms with Crippen molar-refractivity contribution in [2.75, 3.05) is 20.1 Å². The first-order valence-corrected chi connectivity index (χ1v) is 10.9. The highest BCUT2D eigenvalue weighted by Crippen LogP contribution is 2.20. The molecule has 6 nitrogen and oxygen atoms in total. The zero-order valence-electron chi connectivity index (χ0n) is 19.1. The van der Waals surface area contributed by atoms with E-state index in [0.717, 1.165) is 31.6 Å². The number of nitrogens with zero attached hydrogens (tertiary/aromatic N) is 3. The van der Waals surface area contributed by atoms with E-state index in [4.69, 9.17) is 9.90 Å². The summed E-state index contributed by atoms with van der Waals surface area (Å²) in [5, 5.41) is 8.32. The number of carboxylic acids is 1. The molecule has 0 saturated carbocycles. The number of benzene rings is 2. The van der Waals surface area contributed by atoms with Gasteiger partial charge in [-0.25, -0.2) is 4.79 Å². The maximum Gasteiger partial charge on any atom is 0.490 e. The van der Waals surface area contributed by atoms with Crippen LogP contribution in [0.25, 0.3) is 10.9 Å². The predicted molar refractivity (Wildman–Crippen MR) is 123 cm³/mol. The largest absolute Gasteiger partial charge is 0.490 e. The average Bonchev–Trinajstić information content (AvgIpc) is 3.42. The maximum absolute atomic E-state index is 12.8. The van der Waals surface area contributed by atoms with Crippen LogP contribution in [0.5, 0.6) is 0 Å². The van der Waals surface area contributed by atoms with Gasteiger partial charge in [-0.15, -0.1) is 0 Å². The lowest BCUT2D eigenvalue weighted by Gasteiger charge is -2.25. The molecule has 2 aromatic carbocycles. The highest BCUT2D eigenvalue weighted by Gasteiger charge is 2.38. The molecule has 34 heavy (non-hydrogen) atoms. The SMILES string of the molecule is Cc1ccc2c(ccn2CC(=O)N2CCC(N(C)Cc3ccccc3)C2)c1.O=C(O)C(F)(F)F. The zero-order valence-corrected chi connectivity index (χ0v) is 19.1. The van der Waals surface area contributed by atoms with Crippen LogP contribution in [0.4, 0.5) is 13.2 Å². The highest BCUT2D eigenvalue weighted by atomic mass is 19.4. The Morgan fingerprint density at radius 2 is 1.79 bits per heavy atom. The Morgan fingerprint density at radius 3 is 2.44 bits per heavy atom. The summed E-state index contributed by atoms with van der Waals surface area (Å²) in [6.45, 7) is 5.11. The Labute approximate surface area is 196 Å². The highest BCUT2D eigenvalue weighted by molar-refractivity contribution is 5.84. The molecule has 1 aliphatic heterocycles. The number of amides is 1. The molecule has 3 aromatic rings. The number of rotatable bonds is 5. The first-order valence-electron chi connectivity index (χ1n) is 10.9. The number of aryl methyl sites for hydroxylation is 1. The second-order valence-corrected chi connectivity index (χ2v) is 8.49. The summed E-state index contributed by atoms with van der Waals surface area (Å²) >= 11 is 0. The number of carbonyl (C=O) groups is 2. The van der Waals surface area contributed by atoms with Crippen LogP contribution in [0, 0.1) is 6.92 Å². The molecule has 0 bridgehead atoms. The summed E-state index contributed by atoms with van der Waals surface area (Å²) in [5.74, 6) is -2.55. The van der Waals surface area contributed by atoms with Gasteiger partial charge >= 0.3 is 12.1 Å². The van der Waals surface area contributed by atoms with Gasteiger partial charge in [0.2, 0.25) is 5.91 Å². The molecule has 2 heterocycles. The monoisotopic (exact) mass is 475 g/mol. The van der Waals surface area contributed by atoms with E-state index < -0.39 is 12.1 Å². The summed E-state index contributed by atoms with van der Waals surface area (Å²) < 4.78 is 33.8. The van der Waals surface area contributed by atoms with Crippen LogP contribution in [0.15, 0.2) is 60.8 Å². The third kappa shape index (κ3) is 6.60. The predicted octanol–water partition coefficient (Wildman–Crippen LogP) is 4.32. The van der Waals surface area contributed by atoms with Crippen LogP contribution >= 0.6 is 0 Å². The molecule has 1 N–H and O–H groups in total. The minimum Gasteiger partial charge on any atom is -0.475 e. The van der Waals surface area contributed by atoms with Crippen molar-refractivity contribution in [1.29, 1.82) is 0 Å². The molecule has 0 aliphatic carbocycles. The molecule has 182 valence electrons. The molecule has 1 aliphatic rings. The van der Waals surface area contributed by atoms with Crippen LogP contribution in [0.3, 0.4) is 0 Å². The number of hydrogen-bond acceptors (Lipinski definition) is 3. The van der Waals surface area contributed by atoms with Gasteiger partial charge in [0.15, 0.2) is 0 Å². The molecule has 1 fully saturated rings. The molecule has 0 spiro atoms.